The number of esters is 1. The maximum atomic E-state index is 12.9. The lowest BCUT2D eigenvalue weighted by Crippen LogP contribution is -2.04. The predicted molar refractivity (Wildman–Crippen MR) is 65.2 cm³/mol. The number of aromatic nitrogens is 1. The van der Waals surface area contributed by atoms with Gasteiger partial charge in [0, 0.05) is 11.5 Å². The number of benzene rings is 1. The van der Waals surface area contributed by atoms with Gasteiger partial charge in [0.2, 0.25) is 5.89 Å². The Balaban J connectivity index is 2.02. The zero-order valence-corrected chi connectivity index (χ0v) is 10.4. The van der Waals surface area contributed by atoms with E-state index < -0.39 is 5.97 Å². The van der Waals surface area contributed by atoms with Crippen molar-refractivity contribution in [1.82, 2.24) is 4.98 Å². The summed E-state index contributed by atoms with van der Waals surface area (Å²) in [6.07, 6.45) is 1.98. The Morgan fingerprint density at radius 1 is 1.37 bits per heavy atom. The van der Waals surface area contributed by atoms with Crippen molar-refractivity contribution in [2.45, 2.75) is 18.8 Å². The first-order chi connectivity index (χ1) is 9.19. The van der Waals surface area contributed by atoms with Crippen LogP contribution in [0.5, 0.6) is 0 Å². The lowest BCUT2D eigenvalue weighted by molar-refractivity contribution is 0.0592. The first-order valence-corrected chi connectivity index (χ1v) is 6.04. The van der Waals surface area contributed by atoms with Crippen LogP contribution in [-0.4, -0.2) is 18.1 Å². The van der Waals surface area contributed by atoms with Crippen molar-refractivity contribution in [3.63, 3.8) is 0 Å². The Hall–Kier alpha value is -2.17. The molecule has 1 fully saturated rings. The van der Waals surface area contributed by atoms with Gasteiger partial charge < -0.3 is 9.15 Å². The molecule has 0 radical (unpaired) electrons. The van der Waals surface area contributed by atoms with E-state index in [1.165, 1.54) is 19.2 Å². The summed E-state index contributed by atoms with van der Waals surface area (Å²) in [6, 6.07) is 5.79. The molecule has 0 spiro atoms. The van der Waals surface area contributed by atoms with E-state index in [9.17, 15) is 9.18 Å². The molecule has 1 heterocycles. The molecule has 1 aromatic carbocycles. The molecule has 98 valence electrons. The van der Waals surface area contributed by atoms with Gasteiger partial charge in [0.05, 0.1) is 7.11 Å². The van der Waals surface area contributed by atoms with E-state index in [0.29, 0.717) is 17.2 Å². The van der Waals surface area contributed by atoms with Crippen LogP contribution in [0.3, 0.4) is 0 Å². The van der Waals surface area contributed by atoms with E-state index in [1.807, 2.05) is 0 Å². The van der Waals surface area contributed by atoms with Gasteiger partial charge in [-0.05, 0) is 37.1 Å². The van der Waals surface area contributed by atoms with Gasteiger partial charge in [0.25, 0.3) is 0 Å². The topological polar surface area (TPSA) is 52.3 Å². The van der Waals surface area contributed by atoms with Crippen LogP contribution >= 0.6 is 0 Å². The van der Waals surface area contributed by atoms with Gasteiger partial charge in [-0.2, -0.15) is 0 Å². The van der Waals surface area contributed by atoms with Crippen LogP contribution in [0.25, 0.3) is 11.5 Å². The fourth-order valence-corrected chi connectivity index (χ4v) is 1.91. The highest BCUT2D eigenvalue weighted by molar-refractivity contribution is 5.89. The summed E-state index contributed by atoms with van der Waals surface area (Å²) >= 11 is 0. The monoisotopic (exact) mass is 261 g/mol. The minimum absolute atomic E-state index is 0.226. The molecule has 0 atom stereocenters. The Bertz CT molecular complexity index is 614. The minimum Gasteiger partial charge on any atom is -0.464 e. The van der Waals surface area contributed by atoms with E-state index in [0.717, 1.165) is 12.8 Å². The third-order valence-corrected chi connectivity index (χ3v) is 3.07. The number of oxazole rings is 1. The normalized spacial score (nSPS) is 14.4. The largest absolute Gasteiger partial charge is 0.464 e. The Morgan fingerprint density at radius 3 is 2.63 bits per heavy atom. The number of methoxy groups -OCH3 is 1. The second kappa shape index (κ2) is 4.50. The summed E-state index contributed by atoms with van der Waals surface area (Å²) in [6.45, 7) is 0. The first-order valence-electron chi connectivity index (χ1n) is 6.04. The average Bonchev–Trinajstić information content (AvgIpc) is 3.18. The fraction of sp³-hybridized carbons (Fsp3) is 0.286. The number of hydrogen-bond donors (Lipinski definition) is 0. The highest BCUT2D eigenvalue weighted by atomic mass is 19.1. The summed E-state index contributed by atoms with van der Waals surface area (Å²) in [5, 5.41) is 0. The molecule has 4 nitrogen and oxygen atoms in total. The molecule has 0 bridgehead atoms. The third-order valence-electron chi connectivity index (χ3n) is 3.07. The van der Waals surface area contributed by atoms with Gasteiger partial charge in [0.15, 0.2) is 5.69 Å². The number of ether oxygens (including phenoxy) is 1. The van der Waals surface area contributed by atoms with Crippen LogP contribution in [0.4, 0.5) is 4.39 Å². The van der Waals surface area contributed by atoms with Crippen LogP contribution in [-0.2, 0) is 4.74 Å². The smallest absolute Gasteiger partial charge is 0.360 e. The summed E-state index contributed by atoms with van der Waals surface area (Å²) in [7, 11) is 1.31. The molecule has 1 aromatic heterocycles. The third kappa shape index (κ3) is 2.23. The fourth-order valence-electron chi connectivity index (χ4n) is 1.91. The molecule has 0 unspecified atom stereocenters. The molecule has 0 N–H and O–H groups in total. The van der Waals surface area contributed by atoms with Gasteiger partial charge in [-0.3, -0.25) is 0 Å². The molecule has 5 heteroatoms. The summed E-state index contributed by atoms with van der Waals surface area (Å²) in [5.74, 6) is 0.314. The first kappa shape index (κ1) is 11.9. The van der Waals surface area contributed by atoms with Gasteiger partial charge in [-0.25, -0.2) is 14.2 Å². The maximum Gasteiger partial charge on any atom is 0.360 e. The molecule has 3 rings (SSSR count). The Labute approximate surface area is 109 Å². The van der Waals surface area contributed by atoms with Crippen molar-refractivity contribution in [2.24, 2.45) is 0 Å². The van der Waals surface area contributed by atoms with Crippen molar-refractivity contribution in [3.8, 4) is 11.5 Å². The highest BCUT2D eigenvalue weighted by Gasteiger charge is 2.34. The van der Waals surface area contributed by atoms with Gasteiger partial charge in [-0.15, -0.1) is 0 Å². The van der Waals surface area contributed by atoms with Crippen molar-refractivity contribution in [1.29, 1.82) is 0 Å². The number of carbonyl (C=O) groups excluding carboxylic acids is 1. The van der Waals surface area contributed by atoms with Crippen LogP contribution in [0.2, 0.25) is 0 Å². The van der Waals surface area contributed by atoms with E-state index >= 15 is 0 Å². The van der Waals surface area contributed by atoms with Gasteiger partial charge in [-0.1, -0.05) is 0 Å². The number of nitrogens with zero attached hydrogens (tertiary/aromatic N) is 1. The second-order valence-electron chi connectivity index (χ2n) is 4.50. The molecule has 0 saturated heterocycles. The van der Waals surface area contributed by atoms with E-state index in [-0.39, 0.29) is 17.4 Å². The van der Waals surface area contributed by atoms with Crippen LogP contribution < -0.4 is 0 Å². The van der Waals surface area contributed by atoms with Crippen molar-refractivity contribution in [2.75, 3.05) is 7.11 Å². The van der Waals surface area contributed by atoms with Crippen molar-refractivity contribution >= 4 is 5.97 Å². The molecule has 1 aliphatic rings. The SMILES string of the molecule is COC(=O)c1nc(-c2ccc(F)cc2)oc1C1CC1. The summed E-state index contributed by atoms with van der Waals surface area (Å²) in [5.41, 5.74) is 0.864. The lowest BCUT2D eigenvalue weighted by atomic mass is 10.2. The van der Waals surface area contributed by atoms with Crippen LogP contribution in [0, 0.1) is 5.82 Å². The summed E-state index contributed by atoms with van der Waals surface area (Å²) in [4.78, 5) is 15.8. The zero-order valence-electron chi connectivity index (χ0n) is 10.4. The van der Waals surface area contributed by atoms with Crippen LogP contribution in [0.1, 0.15) is 35.0 Å². The van der Waals surface area contributed by atoms with Crippen molar-refractivity contribution in [3.05, 3.63) is 41.5 Å². The number of carbonyl (C=O) groups is 1. The minimum atomic E-state index is -0.501. The molecule has 2 aromatic rings. The lowest BCUT2D eigenvalue weighted by Gasteiger charge is -1.95. The molecule has 0 aliphatic heterocycles. The molecule has 1 aliphatic carbocycles. The maximum absolute atomic E-state index is 12.9. The Kier molecular flexibility index (Phi) is 2.81. The summed E-state index contributed by atoms with van der Waals surface area (Å²) < 4.78 is 23.2. The quantitative estimate of drug-likeness (QED) is 0.796. The second-order valence-corrected chi connectivity index (χ2v) is 4.50. The number of halogens is 1. The van der Waals surface area contributed by atoms with Gasteiger partial charge >= 0.3 is 5.97 Å². The highest BCUT2D eigenvalue weighted by Crippen LogP contribution is 2.43. The average molecular weight is 261 g/mol. The van der Waals surface area contributed by atoms with Crippen LogP contribution in [0.15, 0.2) is 28.7 Å². The van der Waals surface area contributed by atoms with Crippen molar-refractivity contribution < 1.29 is 18.3 Å². The molecule has 0 amide bonds. The van der Waals surface area contributed by atoms with E-state index in [1.54, 1.807) is 12.1 Å². The number of rotatable bonds is 3. The zero-order chi connectivity index (χ0) is 13.4. The molecule has 1 saturated carbocycles. The van der Waals surface area contributed by atoms with Gasteiger partial charge in [0.1, 0.15) is 11.6 Å². The molecular weight excluding hydrogens is 249 g/mol. The Morgan fingerprint density at radius 2 is 2.05 bits per heavy atom. The molecule has 19 heavy (non-hydrogen) atoms. The molecular formula is C14H12FNO3. The standard InChI is InChI=1S/C14H12FNO3/c1-18-14(17)11-12(8-2-3-8)19-13(16-11)9-4-6-10(15)7-5-9/h4-8H,2-3H2,1H3. The van der Waals surface area contributed by atoms with E-state index in [4.69, 9.17) is 9.15 Å². The predicted octanol–water partition coefficient (Wildman–Crippen LogP) is 3.14. The number of hydrogen-bond acceptors (Lipinski definition) is 4. The van der Waals surface area contributed by atoms with E-state index in [2.05, 4.69) is 4.98 Å².